The molecule has 7 heteroatoms. The van der Waals surface area contributed by atoms with Gasteiger partial charge in [0, 0.05) is 24.8 Å². The first-order valence-corrected chi connectivity index (χ1v) is 7.73. The number of nitrogens with two attached hydrogens (primary N) is 1. The Bertz CT molecular complexity index is 520. The molecule has 106 valence electrons. The van der Waals surface area contributed by atoms with E-state index in [1.54, 1.807) is 12.1 Å². The summed E-state index contributed by atoms with van der Waals surface area (Å²) < 4.78 is 26.3. The lowest BCUT2D eigenvalue weighted by atomic mass is 10.1. The molecule has 3 atom stereocenters. The maximum absolute atomic E-state index is 12.5. The van der Waals surface area contributed by atoms with Gasteiger partial charge >= 0.3 is 0 Å². The minimum absolute atomic E-state index is 0.00419. The van der Waals surface area contributed by atoms with Crippen LogP contribution in [0.2, 0.25) is 0 Å². The van der Waals surface area contributed by atoms with Crippen LogP contribution in [-0.4, -0.2) is 47.5 Å². The molecule has 0 unspecified atom stereocenters. The first kappa shape index (κ1) is 14.4. The fourth-order valence-corrected chi connectivity index (χ4v) is 3.84. The average Bonchev–Trinajstić information content (AvgIpc) is 2.53. The number of aliphatic hydroxyl groups is 1. The molecule has 19 heavy (non-hydrogen) atoms. The second kappa shape index (κ2) is 5.54. The van der Waals surface area contributed by atoms with Crippen LogP contribution in [-0.2, 0) is 10.0 Å². The number of hydrogen-bond donors (Lipinski definition) is 2. The molecule has 0 aliphatic carbocycles. The molecule has 1 saturated heterocycles. The Kier molecular flexibility index (Phi) is 4.19. The minimum atomic E-state index is -3.68. The third kappa shape index (κ3) is 2.94. The van der Waals surface area contributed by atoms with Crippen molar-refractivity contribution in [2.24, 2.45) is 5.73 Å². The van der Waals surface area contributed by atoms with Crippen LogP contribution in [0.25, 0.3) is 0 Å². The van der Waals surface area contributed by atoms with E-state index in [-0.39, 0.29) is 23.7 Å². The van der Waals surface area contributed by atoms with E-state index < -0.39 is 16.1 Å². The zero-order chi connectivity index (χ0) is 14.0. The van der Waals surface area contributed by atoms with Gasteiger partial charge in [0.15, 0.2) is 5.03 Å². The van der Waals surface area contributed by atoms with Gasteiger partial charge in [0.05, 0.1) is 6.10 Å². The van der Waals surface area contributed by atoms with Gasteiger partial charge in [-0.25, -0.2) is 13.4 Å². The Hall–Kier alpha value is -1.02. The molecule has 0 amide bonds. The van der Waals surface area contributed by atoms with E-state index in [0.29, 0.717) is 12.8 Å². The van der Waals surface area contributed by atoms with E-state index in [9.17, 15) is 13.5 Å². The van der Waals surface area contributed by atoms with Gasteiger partial charge in [0.2, 0.25) is 0 Å². The highest BCUT2D eigenvalue weighted by Gasteiger charge is 2.35. The molecule has 2 rings (SSSR count). The van der Waals surface area contributed by atoms with E-state index >= 15 is 0 Å². The average molecular weight is 285 g/mol. The summed E-state index contributed by atoms with van der Waals surface area (Å²) in [7, 11) is -3.68. The number of rotatable bonds is 2. The second-order valence-electron chi connectivity index (χ2n) is 4.90. The van der Waals surface area contributed by atoms with E-state index in [1.807, 2.05) is 6.92 Å². The van der Waals surface area contributed by atoms with Gasteiger partial charge in [0.1, 0.15) is 0 Å². The number of pyridine rings is 1. The second-order valence-corrected chi connectivity index (χ2v) is 6.74. The number of β-amino-alcohol motifs (C(OH)–C–C–N with tert-alkyl or cyclic N) is 1. The molecular weight excluding hydrogens is 266 g/mol. The summed E-state index contributed by atoms with van der Waals surface area (Å²) in [5, 5.41) is 9.91. The van der Waals surface area contributed by atoms with Crippen LogP contribution in [0.1, 0.15) is 19.8 Å². The fraction of sp³-hybridized carbons (Fsp3) is 0.583. The van der Waals surface area contributed by atoms with Gasteiger partial charge in [-0.3, -0.25) is 0 Å². The van der Waals surface area contributed by atoms with Crippen LogP contribution in [0, 0.1) is 0 Å². The third-order valence-corrected chi connectivity index (χ3v) is 5.38. The highest BCUT2D eigenvalue weighted by molar-refractivity contribution is 7.89. The van der Waals surface area contributed by atoms with Crippen LogP contribution in [0.15, 0.2) is 29.4 Å². The summed E-state index contributed by atoms with van der Waals surface area (Å²) in [5.41, 5.74) is 5.80. The number of sulfonamides is 1. The Balaban J connectivity index is 2.33. The van der Waals surface area contributed by atoms with Gasteiger partial charge in [-0.05, 0) is 31.9 Å². The first-order valence-electron chi connectivity index (χ1n) is 6.29. The lowest BCUT2D eigenvalue weighted by Gasteiger charge is -2.27. The van der Waals surface area contributed by atoms with E-state index in [4.69, 9.17) is 5.73 Å². The van der Waals surface area contributed by atoms with Crippen molar-refractivity contribution < 1.29 is 13.5 Å². The van der Waals surface area contributed by atoms with Crippen LogP contribution >= 0.6 is 0 Å². The zero-order valence-electron chi connectivity index (χ0n) is 10.8. The van der Waals surface area contributed by atoms with Gasteiger partial charge in [-0.2, -0.15) is 4.31 Å². The molecule has 0 saturated carbocycles. The van der Waals surface area contributed by atoms with Crippen molar-refractivity contribution in [3.63, 3.8) is 0 Å². The molecule has 0 radical (unpaired) electrons. The maximum Gasteiger partial charge on any atom is 0.260 e. The van der Waals surface area contributed by atoms with Crippen molar-refractivity contribution >= 4 is 10.0 Å². The standard InChI is InChI=1S/C12H19N3O3S/c1-9-5-6-10(13)11(16)8-15(9)19(17,18)12-4-2-3-7-14-12/h2-4,7,9-11,16H,5-6,8,13H2,1H3/t9-,10+,11+/m1/s1. The smallest absolute Gasteiger partial charge is 0.260 e. The molecule has 1 aliphatic heterocycles. The van der Waals surface area contributed by atoms with E-state index in [0.717, 1.165) is 0 Å². The van der Waals surface area contributed by atoms with Crippen LogP contribution < -0.4 is 5.73 Å². The summed E-state index contributed by atoms with van der Waals surface area (Å²) in [4.78, 5) is 3.89. The molecule has 0 bridgehead atoms. The topological polar surface area (TPSA) is 96.5 Å². The lowest BCUT2D eigenvalue weighted by Crippen LogP contribution is -2.45. The third-order valence-electron chi connectivity index (χ3n) is 3.48. The van der Waals surface area contributed by atoms with Crippen molar-refractivity contribution in [3.05, 3.63) is 24.4 Å². The minimum Gasteiger partial charge on any atom is -0.390 e. The molecule has 0 spiro atoms. The highest BCUT2D eigenvalue weighted by atomic mass is 32.2. The van der Waals surface area contributed by atoms with Gasteiger partial charge in [-0.1, -0.05) is 6.07 Å². The summed E-state index contributed by atoms with van der Waals surface area (Å²) in [5.74, 6) is 0. The van der Waals surface area contributed by atoms with Gasteiger partial charge in [0.25, 0.3) is 10.0 Å². The predicted molar refractivity (Wildman–Crippen MR) is 70.8 cm³/mol. The van der Waals surface area contributed by atoms with Crippen molar-refractivity contribution in [1.29, 1.82) is 0 Å². The van der Waals surface area contributed by atoms with Crippen LogP contribution in [0.3, 0.4) is 0 Å². The van der Waals surface area contributed by atoms with Crippen LogP contribution in [0.4, 0.5) is 0 Å². The number of nitrogens with zero attached hydrogens (tertiary/aromatic N) is 2. The first-order chi connectivity index (χ1) is 8.93. The quantitative estimate of drug-likeness (QED) is 0.793. The molecule has 0 aromatic carbocycles. The number of hydrogen-bond acceptors (Lipinski definition) is 5. The normalized spacial score (nSPS) is 29.9. The molecule has 1 fully saturated rings. The molecule has 3 N–H and O–H groups in total. The summed E-state index contributed by atoms with van der Waals surface area (Å²) in [6.45, 7) is 1.84. The zero-order valence-corrected chi connectivity index (χ0v) is 11.6. The van der Waals surface area contributed by atoms with Gasteiger partial charge < -0.3 is 10.8 Å². The Labute approximate surface area is 113 Å². The number of aliphatic hydroxyl groups excluding tert-OH is 1. The highest BCUT2D eigenvalue weighted by Crippen LogP contribution is 2.23. The molecule has 6 nitrogen and oxygen atoms in total. The molecule has 1 aromatic rings. The van der Waals surface area contributed by atoms with Crippen molar-refractivity contribution in [1.82, 2.24) is 9.29 Å². The molecule has 2 heterocycles. The van der Waals surface area contributed by atoms with Crippen molar-refractivity contribution in [2.75, 3.05) is 6.54 Å². The Morgan fingerprint density at radius 2 is 2.16 bits per heavy atom. The van der Waals surface area contributed by atoms with Gasteiger partial charge in [-0.15, -0.1) is 0 Å². The van der Waals surface area contributed by atoms with E-state index in [2.05, 4.69) is 4.98 Å². The molecule has 1 aromatic heterocycles. The fourth-order valence-electron chi connectivity index (χ4n) is 2.22. The molecule has 1 aliphatic rings. The Morgan fingerprint density at radius 1 is 1.42 bits per heavy atom. The van der Waals surface area contributed by atoms with Crippen LogP contribution in [0.5, 0.6) is 0 Å². The summed E-state index contributed by atoms with van der Waals surface area (Å²) in [6, 6.07) is 4.17. The predicted octanol–water partition coefficient (Wildman–Crippen LogP) is -0.0572. The number of aromatic nitrogens is 1. The summed E-state index contributed by atoms with van der Waals surface area (Å²) in [6.07, 6.45) is 1.83. The van der Waals surface area contributed by atoms with Crippen molar-refractivity contribution in [3.8, 4) is 0 Å². The monoisotopic (exact) mass is 285 g/mol. The van der Waals surface area contributed by atoms with Crippen molar-refractivity contribution in [2.45, 2.75) is 43.0 Å². The van der Waals surface area contributed by atoms with E-state index in [1.165, 1.54) is 16.6 Å². The summed E-state index contributed by atoms with van der Waals surface area (Å²) >= 11 is 0. The molecular formula is C12H19N3O3S. The SMILES string of the molecule is C[C@@H]1CC[C@H](N)[C@@H](O)CN1S(=O)(=O)c1ccccn1. The Morgan fingerprint density at radius 3 is 2.79 bits per heavy atom. The lowest BCUT2D eigenvalue weighted by molar-refractivity contribution is 0.126. The maximum atomic E-state index is 12.5. The largest absolute Gasteiger partial charge is 0.390 e.